The van der Waals surface area contributed by atoms with Gasteiger partial charge in [0.2, 0.25) is 0 Å². The Morgan fingerprint density at radius 2 is 2.10 bits per heavy atom. The number of aryl methyl sites for hydroxylation is 1. The minimum absolute atomic E-state index is 0.181. The molecule has 1 heterocycles. The largest absolute Gasteiger partial charge is 0.506 e. The average Bonchev–Trinajstić information content (AvgIpc) is 2.43. The van der Waals surface area contributed by atoms with Crippen LogP contribution in [0.2, 0.25) is 5.02 Å². The topological polar surface area (TPSA) is 54.4 Å². The molecule has 0 radical (unpaired) electrons. The van der Waals surface area contributed by atoms with Crippen molar-refractivity contribution < 1.29 is 9.84 Å². The normalized spacial score (nSPS) is 10.3. The fourth-order valence-corrected chi connectivity index (χ4v) is 2.04. The number of aromatic nitrogens is 1. The van der Waals surface area contributed by atoms with Crippen molar-refractivity contribution in [3.8, 4) is 11.5 Å². The molecule has 0 amide bonds. The van der Waals surface area contributed by atoms with Crippen LogP contribution >= 0.6 is 11.6 Å². The first-order valence-electron chi connectivity index (χ1n) is 6.42. The van der Waals surface area contributed by atoms with E-state index in [0.717, 1.165) is 11.4 Å². The first-order chi connectivity index (χ1) is 9.60. The first kappa shape index (κ1) is 14.5. The minimum atomic E-state index is 0.181. The van der Waals surface area contributed by atoms with Crippen molar-refractivity contribution in [3.63, 3.8) is 0 Å². The maximum absolute atomic E-state index is 9.73. The van der Waals surface area contributed by atoms with Crippen molar-refractivity contribution in [2.75, 3.05) is 11.9 Å². The van der Waals surface area contributed by atoms with E-state index < -0.39 is 0 Å². The molecule has 0 aliphatic carbocycles. The summed E-state index contributed by atoms with van der Waals surface area (Å²) in [5.74, 6) is 0.844. The maximum atomic E-state index is 9.73. The summed E-state index contributed by atoms with van der Waals surface area (Å²) in [5.41, 5.74) is 2.32. The fourth-order valence-electron chi connectivity index (χ4n) is 1.80. The van der Waals surface area contributed by atoms with Crippen LogP contribution < -0.4 is 10.1 Å². The Morgan fingerprint density at radius 1 is 1.30 bits per heavy atom. The molecule has 1 aromatic carbocycles. The Labute approximate surface area is 123 Å². The molecule has 4 nitrogen and oxygen atoms in total. The van der Waals surface area contributed by atoms with Crippen LogP contribution in [0, 0.1) is 6.92 Å². The molecule has 0 aliphatic heterocycles. The molecule has 0 atom stereocenters. The molecular formula is C15H17ClN2O2. The Morgan fingerprint density at radius 3 is 2.80 bits per heavy atom. The number of anilines is 1. The van der Waals surface area contributed by atoms with E-state index in [1.807, 2.05) is 26.0 Å². The number of aromatic hydroxyl groups is 1. The first-order valence-corrected chi connectivity index (χ1v) is 6.79. The maximum Gasteiger partial charge on any atom is 0.138 e. The van der Waals surface area contributed by atoms with Crippen molar-refractivity contribution in [3.05, 3.63) is 46.7 Å². The molecule has 106 valence electrons. The van der Waals surface area contributed by atoms with Gasteiger partial charge < -0.3 is 15.2 Å². The SMILES string of the molecule is CCOc1ccc(NCc2nc(C)ccc2O)cc1Cl. The van der Waals surface area contributed by atoms with Gasteiger partial charge >= 0.3 is 0 Å². The van der Waals surface area contributed by atoms with Gasteiger partial charge in [0.25, 0.3) is 0 Å². The van der Waals surface area contributed by atoms with Crippen LogP contribution in [0.15, 0.2) is 30.3 Å². The number of nitrogens with zero attached hydrogens (tertiary/aromatic N) is 1. The van der Waals surface area contributed by atoms with Crippen molar-refractivity contribution in [2.24, 2.45) is 0 Å². The van der Waals surface area contributed by atoms with Crippen LogP contribution in [0.25, 0.3) is 0 Å². The van der Waals surface area contributed by atoms with Crippen molar-refractivity contribution in [1.29, 1.82) is 0 Å². The third-order valence-electron chi connectivity index (χ3n) is 2.78. The molecule has 0 saturated heterocycles. The van der Waals surface area contributed by atoms with Crippen LogP contribution in [0.5, 0.6) is 11.5 Å². The molecule has 20 heavy (non-hydrogen) atoms. The van der Waals surface area contributed by atoms with Gasteiger partial charge in [-0.2, -0.15) is 0 Å². The van der Waals surface area contributed by atoms with Gasteiger partial charge in [-0.05, 0) is 44.2 Å². The van der Waals surface area contributed by atoms with E-state index in [4.69, 9.17) is 16.3 Å². The lowest BCUT2D eigenvalue weighted by Crippen LogP contribution is -2.03. The zero-order chi connectivity index (χ0) is 14.5. The van der Waals surface area contributed by atoms with Crippen LogP contribution in [-0.4, -0.2) is 16.7 Å². The standard InChI is InChI=1S/C15H17ClN2O2/c1-3-20-15-7-5-11(8-12(15)16)17-9-13-14(19)6-4-10(2)18-13/h4-8,17,19H,3,9H2,1-2H3. The molecule has 0 aliphatic rings. The smallest absolute Gasteiger partial charge is 0.138 e. The van der Waals surface area contributed by atoms with E-state index in [0.29, 0.717) is 29.6 Å². The molecule has 0 fully saturated rings. The second kappa shape index (κ2) is 6.48. The van der Waals surface area contributed by atoms with Gasteiger partial charge in [0.1, 0.15) is 17.2 Å². The molecule has 1 aromatic heterocycles. The Balaban J connectivity index is 2.07. The van der Waals surface area contributed by atoms with E-state index in [1.165, 1.54) is 0 Å². The number of pyridine rings is 1. The summed E-state index contributed by atoms with van der Waals surface area (Å²) < 4.78 is 5.38. The van der Waals surface area contributed by atoms with Crippen molar-refractivity contribution >= 4 is 17.3 Å². The van der Waals surface area contributed by atoms with Gasteiger partial charge in [-0.1, -0.05) is 11.6 Å². The summed E-state index contributed by atoms with van der Waals surface area (Å²) in [6.07, 6.45) is 0. The summed E-state index contributed by atoms with van der Waals surface area (Å²) in [7, 11) is 0. The number of rotatable bonds is 5. The van der Waals surface area contributed by atoms with E-state index in [-0.39, 0.29) is 5.75 Å². The number of nitrogens with one attached hydrogen (secondary N) is 1. The summed E-state index contributed by atoms with van der Waals surface area (Å²) >= 11 is 6.12. The van der Waals surface area contributed by atoms with Crippen LogP contribution in [-0.2, 0) is 6.54 Å². The Bertz CT molecular complexity index is 602. The predicted octanol–water partition coefficient (Wildman–Crippen LogP) is 3.76. The monoisotopic (exact) mass is 292 g/mol. The summed E-state index contributed by atoms with van der Waals surface area (Å²) in [6.45, 7) is 4.80. The highest BCUT2D eigenvalue weighted by molar-refractivity contribution is 6.32. The lowest BCUT2D eigenvalue weighted by molar-refractivity contribution is 0.340. The summed E-state index contributed by atoms with van der Waals surface area (Å²) in [6, 6.07) is 8.90. The summed E-state index contributed by atoms with van der Waals surface area (Å²) in [5, 5.41) is 13.5. The second-order valence-corrected chi connectivity index (χ2v) is 4.76. The van der Waals surface area contributed by atoms with Crippen molar-refractivity contribution in [2.45, 2.75) is 20.4 Å². The Hall–Kier alpha value is -1.94. The molecular weight excluding hydrogens is 276 g/mol. The van der Waals surface area contributed by atoms with Gasteiger partial charge in [-0.25, -0.2) is 0 Å². The van der Waals surface area contributed by atoms with Gasteiger partial charge in [-0.15, -0.1) is 0 Å². The molecule has 2 rings (SSSR count). The van der Waals surface area contributed by atoms with Crippen LogP contribution in [0.1, 0.15) is 18.3 Å². The van der Waals surface area contributed by atoms with Crippen LogP contribution in [0.3, 0.4) is 0 Å². The average molecular weight is 293 g/mol. The molecule has 2 aromatic rings. The number of halogens is 1. The summed E-state index contributed by atoms with van der Waals surface area (Å²) in [4.78, 5) is 4.29. The van der Waals surface area contributed by atoms with Gasteiger partial charge in [0.15, 0.2) is 0 Å². The predicted molar refractivity (Wildman–Crippen MR) is 80.6 cm³/mol. The minimum Gasteiger partial charge on any atom is -0.506 e. The zero-order valence-corrected chi connectivity index (χ0v) is 12.2. The number of benzene rings is 1. The third-order valence-corrected chi connectivity index (χ3v) is 3.08. The van der Waals surface area contributed by atoms with Crippen molar-refractivity contribution in [1.82, 2.24) is 4.98 Å². The molecule has 2 N–H and O–H groups in total. The van der Waals surface area contributed by atoms with E-state index in [9.17, 15) is 5.11 Å². The zero-order valence-electron chi connectivity index (χ0n) is 11.5. The fraction of sp³-hybridized carbons (Fsp3) is 0.267. The molecule has 5 heteroatoms. The molecule has 0 unspecified atom stereocenters. The Kier molecular flexibility index (Phi) is 4.69. The van der Waals surface area contributed by atoms with Crippen LogP contribution in [0.4, 0.5) is 5.69 Å². The second-order valence-electron chi connectivity index (χ2n) is 4.35. The third kappa shape index (κ3) is 3.54. The quantitative estimate of drug-likeness (QED) is 0.881. The highest BCUT2D eigenvalue weighted by Gasteiger charge is 2.05. The lowest BCUT2D eigenvalue weighted by Gasteiger charge is -2.10. The lowest BCUT2D eigenvalue weighted by atomic mass is 10.2. The van der Waals surface area contributed by atoms with Gasteiger partial charge in [-0.3, -0.25) is 4.98 Å². The van der Waals surface area contributed by atoms with E-state index in [2.05, 4.69) is 10.3 Å². The molecule has 0 bridgehead atoms. The number of hydrogen-bond donors (Lipinski definition) is 2. The van der Waals surface area contributed by atoms with Gasteiger partial charge in [0, 0.05) is 11.4 Å². The van der Waals surface area contributed by atoms with Gasteiger partial charge in [0.05, 0.1) is 18.2 Å². The highest BCUT2D eigenvalue weighted by Crippen LogP contribution is 2.28. The molecule has 0 spiro atoms. The molecule has 0 saturated carbocycles. The van der Waals surface area contributed by atoms with E-state index >= 15 is 0 Å². The highest BCUT2D eigenvalue weighted by atomic mass is 35.5. The van der Waals surface area contributed by atoms with E-state index in [1.54, 1.807) is 18.2 Å². The number of hydrogen-bond acceptors (Lipinski definition) is 4. The number of ether oxygens (including phenoxy) is 1.